The van der Waals surface area contributed by atoms with E-state index in [1.807, 2.05) is 0 Å². The van der Waals surface area contributed by atoms with Crippen LogP contribution in [0.4, 0.5) is 13.2 Å². The maximum Gasteiger partial charge on any atom is 0.573 e. The average molecular weight is 286 g/mol. The Labute approximate surface area is 115 Å². The number of benzene rings is 1. The molecule has 109 valence electrons. The lowest BCUT2D eigenvalue weighted by Crippen LogP contribution is -2.17. The zero-order valence-electron chi connectivity index (χ0n) is 10.8. The fraction of sp³-hybridized carbons (Fsp3) is 0.500. The maximum absolute atomic E-state index is 12.0. The molecule has 0 aliphatic heterocycles. The molecular formula is C14H15F3NO2. The summed E-state index contributed by atoms with van der Waals surface area (Å²) < 4.78 is 39.7. The van der Waals surface area contributed by atoms with E-state index in [-0.39, 0.29) is 12.4 Å². The number of hydrogen-bond acceptors (Lipinski definition) is 3. The van der Waals surface area contributed by atoms with Crippen LogP contribution in [-0.4, -0.2) is 12.6 Å². The highest BCUT2D eigenvalue weighted by atomic mass is 19.4. The van der Waals surface area contributed by atoms with Crippen molar-refractivity contribution in [1.82, 2.24) is 0 Å². The van der Waals surface area contributed by atoms with Crippen LogP contribution in [-0.2, 0) is 11.4 Å². The first kappa shape index (κ1) is 14.7. The highest BCUT2D eigenvalue weighted by Gasteiger charge is 2.30. The molecule has 1 aliphatic rings. The van der Waals surface area contributed by atoms with E-state index in [9.17, 15) is 13.2 Å². The zero-order chi connectivity index (χ0) is 14.4. The van der Waals surface area contributed by atoms with Crippen molar-refractivity contribution in [2.45, 2.75) is 38.7 Å². The molecular weight excluding hydrogens is 271 g/mol. The lowest BCUT2D eigenvalue weighted by Gasteiger charge is -2.08. The van der Waals surface area contributed by atoms with Gasteiger partial charge in [0.15, 0.2) is 0 Å². The monoisotopic (exact) mass is 286 g/mol. The molecule has 2 rings (SSSR count). The molecule has 1 aromatic carbocycles. The molecule has 0 N–H and O–H groups in total. The van der Waals surface area contributed by atoms with Crippen LogP contribution in [0.5, 0.6) is 5.75 Å². The van der Waals surface area contributed by atoms with E-state index >= 15 is 0 Å². The predicted octanol–water partition coefficient (Wildman–Crippen LogP) is 4.15. The quantitative estimate of drug-likeness (QED) is 0.601. The highest BCUT2D eigenvalue weighted by molar-refractivity contribution is 5.60. The van der Waals surface area contributed by atoms with Crippen LogP contribution in [0.15, 0.2) is 29.4 Å². The Morgan fingerprint density at radius 3 is 2.40 bits per heavy atom. The minimum absolute atomic E-state index is 0.200. The molecule has 0 spiro atoms. The van der Waals surface area contributed by atoms with Crippen molar-refractivity contribution in [3.63, 3.8) is 0 Å². The number of nitrogens with zero attached hydrogens (tertiary/aromatic N) is 1. The molecule has 1 fully saturated rings. The summed E-state index contributed by atoms with van der Waals surface area (Å²) in [5.41, 5.74) is 0.719. The van der Waals surface area contributed by atoms with Gasteiger partial charge in [0, 0.05) is 5.92 Å². The Kier molecular flexibility index (Phi) is 4.87. The third-order valence-electron chi connectivity index (χ3n) is 3.04. The Morgan fingerprint density at radius 2 is 1.80 bits per heavy atom. The molecule has 1 saturated carbocycles. The lowest BCUT2D eigenvalue weighted by molar-refractivity contribution is -0.274. The molecule has 0 atom stereocenters. The SMILES string of the molecule is FC(F)(F)Oc1ccc(CO/N=[C]\C2CCCC2)cc1. The second-order valence-electron chi connectivity index (χ2n) is 4.67. The van der Waals surface area contributed by atoms with Gasteiger partial charge in [-0.05, 0) is 30.5 Å². The van der Waals surface area contributed by atoms with Gasteiger partial charge < -0.3 is 9.57 Å². The first-order valence-corrected chi connectivity index (χ1v) is 6.45. The van der Waals surface area contributed by atoms with Crippen molar-refractivity contribution >= 4 is 6.21 Å². The van der Waals surface area contributed by atoms with Crippen LogP contribution in [0, 0.1) is 5.92 Å². The van der Waals surface area contributed by atoms with Gasteiger partial charge in [0.1, 0.15) is 18.6 Å². The van der Waals surface area contributed by atoms with E-state index in [4.69, 9.17) is 4.84 Å². The summed E-state index contributed by atoms with van der Waals surface area (Å²) in [5.74, 6) is 0.125. The lowest BCUT2D eigenvalue weighted by atomic mass is 10.1. The number of hydrogen-bond donors (Lipinski definition) is 0. The minimum Gasteiger partial charge on any atom is -0.406 e. The molecule has 20 heavy (non-hydrogen) atoms. The third kappa shape index (κ3) is 5.11. The van der Waals surface area contributed by atoms with Crippen LogP contribution in [0.1, 0.15) is 31.2 Å². The molecule has 0 saturated heterocycles. The fourth-order valence-corrected chi connectivity index (χ4v) is 2.06. The number of halogens is 3. The summed E-state index contributed by atoms with van der Waals surface area (Å²) in [6.07, 6.45) is 2.85. The second kappa shape index (κ2) is 6.63. The molecule has 6 heteroatoms. The van der Waals surface area contributed by atoms with Crippen LogP contribution < -0.4 is 4.74 Å². The van der Waals surface area contributed by atoms with Gasteiger partial charge in [-0.15, -0.1) is 13.2 Å². The van der Waals surface area contributed by atoms with E-state index in [2.05, 4.69) is 16.1 Å². The van der Waals surface area contributed by atoms with E-state index in [1.165, 1.54) is 37.1 Å². The summed E-state index contributed by atoms with van der Waals surface area (Å²) in [7, 11) is 0. The van der Waals surface area contributed by atoms with Crippen LogP contribution in [0.2, 0.25) is 0 Å². The standard InChI is InChI=1S/C14H15F3NO2/c15-14(16,17)20-13-7-5-12(6-8-13)10-19-18-9-11-3-1-2-4-11/h5-8,11H,1-4,10H2. The van der Waals surface area contributed by atoms with Crippen molar-refractivity contribution in [1.29, 1.82) is 0 Å². The number of rotatable bonds is 5. The molecule has 0 heterocycles. The highest BCUT2D eigenvalue weighted by Crippen LogP contribution is 2.24. The van der Waals surface area contributed by atoms with E-state index < -0.39 is 6.36 Å². The molecule has 1 aliphatic carbocycles. The van der Waals surface area contributed by atoms with Crippen LogP contribution in [0.25, 0.3) is 0 Å². The van der Waals surface area contributed by atoms with Gasteiger partial charge in [-0.2, -0.15) is 0 Å². The van der Waals surface area contributed by atoms with Crippen molar-refractivity contribution in [2.24, 2.45) is 11.1 Å². The molecule has 1 aromatic rings. The van der Waals surface area contributed by atoms with E-state index in [0.29, 0.717) is 5.92 Å². The van der Waals surface area contributed by atoms with Crippen molar-refractivity contribution in [3.05, 3.63) is 29.8 Å². The van der Waals surface area contributed by atoms with Gasteiger partial charge >= 0.3 is 6.36 Å². The number of ether oxygens (including phenoxy) is 1. The van der Waals surface area contributed by atoms with Gasteiger partial charge in [-0.25, -0.2) is 0 Å². The van der Waals surface area contributed by atoms with Gasteiger partial charge in [0.2, 0.25) is 0 Å². The third-order valence-corrected chi connectivity index (χ3v) is 3.04. The Hall–Kier alpha value is -1.72. The second-order valence-corrected chi connectivity index (χ2v) is 4.67. The smallest absolute Gasteiger partial charge is 0.406 e. The molecule has 0 bridgehead atoms. The first-order chi connectivity index (χ1) is 9.53. The van der Waals surface area contributed by atoms with Crippen LogP contribution >= 0.6 is 0 Å². The summed E-state index contributed by atoms with van der Waals surface area (Å²) in [6, 6.07) is 5.51. The molecule has 1 radical (unpaired) electrons. The van der Waals surface area contributed by atoms with Crippen molar-refractivity contribution in [2.75, 3.05) is 0 Å². The summed E-state index contributed by atoms with van der Waals surface area (Å²) in [6.45, 7) is 0.200. The van der Waals surface area contributed by atoms with Gasteiger partial charge in [0.25, 0.3) is 0 Å². The van der Waals surface area contributed by atoms with Gasteiger partial charge in [-0.3, -0.25) is 0 Å². The largest absolute Gasteiger partial charge is 0.573 e. The number of alkyl halides is 3. The topological polar surface area (TPSA) is 30.8 Å². The predicted molar refractivity (Wildman–Crippen MR) is 67.3 cm³/mol. The Balaban J connectivity index is 1.76. The summed E-state index contributed by atoms with van der Waals surface area (Å²) in [5, 5.41) is 3.77. The zero-order valence-corrected chi connectivity index (χ0v) is 10.8. The molecule has 0 aromatic heterocycles. The first-order valence-electron chi connectivity index (χ1n) is 6.45. The Morgan fingerprint density at radius 1 is 1.15 bits per heavy atom. The fourth-order valence-electron chi connectivity index (χ4n) is 2.06. The average Bonchev–Trinajstić information content (AvgIpc) is 2.88. The van der Waals surface area contributed by atoms with Crippen LogP contribution in [0.3, 0.4) is 0 Å². The normalized spacial score (nSPS) is 16.8. The minimum atomic E-state index is -4.67. The van der Waals surface area contributed by atoms with E-state index in [0.717, 1.165) is 18.4 Å². The summed E-state index contributed by atoms with van der Waals surface area (Å²) in [4.78, 5) is 5.07. The molecule has 0 amide bonds. The summed E-state index contributed by atoms with van der Waals surface area (Å²) >= 11 is 0. The van der Waals surface area contributed by atoms with Gasteiger partial charge in [-0.1, -0.05) is 30.1 Å². The van der Waals surface area contributed by atoms with Gasteiger partial charge in [0.05, 0.1) is 0 Å². The molecule has 3 nitrogen and oxygen atoms in total. The molecule has 0 unspecified atom stereocenters. The van der Waals surface area contributed by atoms with Crippen molar-refractivity contribution < 1.29 is 22.7 Å². The Bertz CT molecular complexity index is 437. The van der Waals surface area contributed by atoms with Crippen molar-refractivity contribution in [3.8, 4) is 5.75 Å². The maximum atomic E-state index is 12.0. The van der Waals surface area contributed by atoms with E-state index in [1.54, 1.807) is 0 Å².